The monoisotopic (exact) mass is 396 g/mol. The van der Waals surface area contributed by atoms with Crippen molar-refractivity contribution in [2.45, 2.75) is 6.61 Å². The molecule has 0 heterocycles. The first-order valence-corrected chi connectivity index (χ1v) is 7.71. The molecular formula is C17H14F2N2O7. The Kier molecular flexibility index (Phi) is 7.20. The number of para-hydroxylation sites is 2. The fourth-order valence-corrected chi connectivity index (χ4v) is 1.97. The van der Waals surface area contributed by atoms with E-state index in [1.807, 2.05) is 0 Å². The highest BCUT2D eigenvalue weighted by atomic mass is 19.3. The number of hydrogen-bond donors (Lipinski definition) is 1. The summed E-state index contributed by atoms with van der Waals surface area (Å²) in [6.07, 6.45) is 0. The van der Waals surface area contributed by atoms with Crippen LogP contribution in [0.5, 0.6) is 11.5 Å². The first-order chi connectivity index (χ1) is 13.3. The van der Waals surface area contributed by atoms with Crippen LogP contribution in [0.1, 0.15) is 0 Å². The average molecular weight is 396 g/mol. The van der Waals surface area contributed by atoms with Crippen molar-refractivity contribution in [1.82, 2.24) is 0 Å². The third-order valence-corrected chi connectivity index (χ3v) is 3.13. The van der Waals surface area contributed by atoms with Gasteiger partial charge in [-0.2, -0.15) is 8.78 Å². The van der Waals surface area contributed by atoms with Crippen LogP contribution in [0, 0.1) is 10.1 Å². The summed E-state index contributed by atoms with van der Waals surface area (Å²) in [5, 5.41) is 13.2. The van der Waals surface area contributed by atoms with Gasteiger partial charge < -0.3 is 19.5 Å². The Balaban J connectivity index is 1.76. The third-order valence-electron chi connectivity index (χ3n) is 3.13. The van der Waals surface area contributed by atoms with E-state index in [1.165, 1.54) is 48.5 Å². The van der Waals surface area contributed by atoms with Crippen LogP contribution >= 0.6 is 0 Å². The first kappa shape index (κ1) is 20.6. The van der Waals surface area contributed by atoms with E-state index in [4.69, 9.17) is 9.47 Å². The van der Waals surface area contributed by atoms with E-state index in [0.29, 0.717) is 0 Å². The van der Waals surface area contributed by atoms with E-state index in [1.54, 1.807) is 0 Å². The lowest BCUT2D eigenvalue weighted by molar-refractivity contribution is -0.385. The highest BCUT2D eigenvalue weighted by molar-refractivity contribution is 5.92. The summed E-state index contributed by atoms with van der Waals surface area (Å²) >= 11 is 0. The Bertz CT molecular complexity index is 844. The van der Waals surface area contributed by atoms with E-state index in [0.717, 1.165) is 0 Å². The summed E-state index contributed by atoms with van der Waals surface area (Å²) in [5.74, 6) is -1.78. The zero-order valence-corrected chi connectivity index (χ0v) is 14.2. The molecule has 0 saturated heterocycles. The number of hydrogen-bond acceptors (Lipinski definition) is 7. The first-order valence-electron chi connectivity index (χ1n) is 7.71. The number of ether oxygens (including phenoxy) is 3. The third kappa shape index (κ3) is 6.52. The maximum Gasteiger partial charge on any atom is 0.387 e. The molecule has 0 saturated carbocycles. The van der Waals surface area contributed by atoms with Crippen LogP contribution in [-0.2, 0) is 14.3 Å². The summed E-state index contributed by atoms with van der Waals surface area (Å²) in [7, 11) is 0. The fourth-order valence-electron chi connectivity index (χ4n) is 1.97. The number of nitrogens with zero attached hydrogens (tertiary/aromatic N) is 1. The minimum atomic E-state index is -2.96. The Morgan fingerprint density at radius 1 is 1.07 bits per heavy atom. The standard InChI is InChI=1S/C17H14F2N2O7/c18-17(19)28-12-7-5-11(6-8-12)20-15(22)9-27-16(23)10-26-14-4-2-1-3-13(14)21(24)25/h1-8,17H,9-10H2,(H,20,22). The van der Waals surface area contributed by atoms with Gasteiger partial charge in [-0.25, -0.2) is 4.79 Å². The van der Waals surface area contributed by atoms with E-state index < -0.39 is 36.6 Å². The topological polar surface area (TPSA) is 117 Å². The number of amides is 1. The van der Waals surface area contributed by atoms with E-state index in [-0.39, 0.29) is 22.9 Å². The smallest absolute Gasteiger partial charge is 0.387 e. The molecule has 0 atom stereocenters. The van der Waals surface area contributed by atoms with Crippen LogP contribution in [0.15, 0.2) is 48.5 Å². The lowest BCUT2D eigenvalue weighted by Crippen LogP contribution is -2.23. The average Bonchev–Trinajstić information content (AvgIpc) is 2.66. The van der Waals surface area contributed by atoms with Gasteiger partial charge >= 0.3 is 18.3 Å². The molecule has 2 rings (SSSR count). The van der Waals surface area contributed by atoms with Crippen LogP contribution in [0.2, 0.25) is 0 Å². The number of halogens is 2. The number of alkyl halides is 2. The second-order valence-corrected chi connectivity index (χ2v) is 5.13. The SMILES string of the molecule is O=C(COC(=O)COc1ccccc1[N+](=O)[O-])Nc1ccc(OC(F)F)cc1. The molecule has 0 radical (unpaired) electrons. The number of esters is 1. The van der Waals surface area contributed by atoms with Gasteiger partial charge in [-0.05, 0) is 30.3 Å². The van der Waals surface area contributed by atoms with Crippen LogP contribution < -0.4 is 14.8 Å². The van der Waals surface area contributed by atoms with Crippen molar-refractivity contribution in [3.8, 4) is 11.5 Å². The molecule has 0 aliphatic rings. The van der Waals surface area contributed by atoms with Crippen molar-refractivity contribution in [1.29, 1.82) is 0 Å². The minimum Gasteiger partial charge on any atom is -0.475 e. The molecule has 28 heavy (non-hydrogen) atoms. The van der Waals surface area contributed by atoms with Crippen molar-refractivity contribution in [3.05, 3.63) is 58.6 Å². The highest BCUT2D eigenvalue weighted by Crippen LogP contribution is 2.25. The van der Waals surface area contributed by atoms with Crippen LogP contribution in [-0.4, -0.2) is 36.6 Å². The molecule has 148 valence electrons. The van der Waals surface area contributed by atoms with E-state index in [2.05, 4.69) is 10.1 Å². The Hall–Kier alpha value is -3.76. The van der Waals surface area contributed by atoms with Crippen molar-refractivity contribution in [3.63, 3.8) is 0 Å². The maximum absolute atomic E-state index is 12.1. The Morgan fingerprint density at radius 3 is 2.39 bits per heavy atom. The fraction of sp³-hybridized carbons (Fsp3) is 0.176. The number of benzene rings is 2. The van der Waals surface area contributed by atoms with Gasteiger partial charge in [-0.15, -0.1) is 0 Å². The minimum absolute atomic E-state index is 0.0772. The molecule has 0 aliphatic heterocycles. The van der Waals surface area contributed by atoms with Crippen LogP contribution in [0.3, 0.4) is 0 Å². The summed E-state index contributed by atoms with van der Waals surface area (Å²) in [6.45, 7) is -4.22. The summed E-state index contributed by atoms with van der Waals surface area (Å²) in [4.78, 5) is 33.5. The Labute approximate surface area is 157 Å². The molecule has 0 fully saturated rings. The second kappa shape index (κ2) is 9.80. The largest absolute Gasteiger partial charge is 0.475 e. The van der Waals surface area contributed by atoms with Gasteiger partial charge in [0.05, 0.1) is 4.92 Å². The molecule has 0 unspecified atom stereocenters. The molecule has 2 aromatic carbocycles. The Morgan fingerprint density at radius 2 is 1.75 bits per heavy atom. The van der Waals surface area contributed by atoms with Gasteiger partial charge in [-0.1, -0.05) is 12.1 Å². The number of rotatable bonds is 9. The molecular weight excluding hydrogens is 382 g/mol. The lowest BCUT2D eigenvalue weighted by atomic mass is 10.3. The van der Waals surface area contributed by atoms with E-state index >= 15 is 0 Å². The quantitative estimate of drug-likeness (QED) is 0.393. The molecule has 0 bridgehead atoms. The van der Waals surface area contributed by atoms with Gasteiger partial charge in [0, 0.05) is 11.8 Å². The number of anilines is 1. The molecule has 0 spiro atoms. The molecule has 11 heteroatoms. The summed E-state index contributed by atoms with van der Waals surface area (Å²) < 4.78 is 38.0. The molecule has 0 aliphatic carbocycles. The van der Waals surface area contributed by atoms with Crippen molar-refractivity contribution < 1.29 is 37.5 Å². The summed E-state index contributed by atoms with van der Waals surface area (Å²) in [5.41, 5.74) is -0.0360. The van der Waals surface area contributed by atoms with E-state index in [9.17, 15) is 28.5 Å². The molecule has 1 amide bonds. The maximum atomic E-state index is 12.1. The van der Waals surface area contributed by atoms with Gasteiger partial charge in [0.1, 0.15) is 5.75 Å². The normalized spacial score (nSPS) is 10.2. The summed E-state index contributed by atoms with van der Waals surface area (Å²) in [6, 6.07) is 10.6. The molecule has 2 aromatic rings. The number of nitro benzene ring substituents is 1. The van der Waals surface area contributed by atoms with Crippen LogP contribution in [0.25, 0.3) is 0 Å². The number of nitro groups is 1. The van der Waals surface area contributed by atoms with Gasteiger partial charge in [-0.3, -0.25) is 14.9 Å². The van der Waals surface area contributed by atoms with Crippen molar-refractivity contribution in [2.24, 2.45) is 0 Å². The molecule has 1 N–H and O–H groups in total. The lowest BCUT2D eigenvalue weighted by Gasteiger charge is -2.09. The molecule has 0 aromatic heterocycles. The predicted molar refractivity (Wildman–Crippen MR) is 91.3 cm³/mol. The van der Waals surface area contributed by atoms with Crippen molar-refractivity contribution in [2.75, 3.05) is 18.5 Å². The zero-order chi connectivity index (χ0) is 20.5. The second-order valence-electron chi connectivity index (χ2n) is 5.13. The zero-order valence-electron chi connectivity index (χ0n) is 14.2. The van der Waals surface area contributed by atoms with Crippen molar-refractivity contribution >= 4 is 23.3 Å². The van der Waals surface area contributed by atoms with Crippen LogP contribution in [0.4, 0.5) is 20.2 Å². The number of carbonyl (C=O) groups is 2. The van der Waals surface area contributed by atoms with Gasteiger partial charge in [0.15, 0.2) is 19.0 Å². The molecule has 9 nitrogen and oxygen atoms in total. The van der Waals surface area contributed by atoms with Gasteiger partial charge in [0.25, 0.3) is 5.91 Å². The highest BCUT2D eigenvalue weighted by Gasteiger charge is 2.16. The van der Waals surface area contributed by atoms with Gasteiger partial charge in [0.2, 0.25) is 0 Å². The predicted octanol–water partition coefficient (Wildman–Crippen LogP) is 2.76. The number of nitrogens with one attached hydrogen (secondary N) is 1. The number of carbonyl (C=O) groups excluding carboxylic acids is 2.